The number of para-hydroxylation sites is 5. The fourth-order valence-corrected chi connectivity index (χ4v) is 6.36. The molecule has 40 heteroatoms. The van der Waals surface area contributed by atoms with Gasteiger partial charge in [0.2, 0.25) is 0 Å². The van der Waals surface area contributed by atoms with Gasteiger partial charge in [0.15, 0.2) is 0 Å². The van der Waals surface area contributed by atoms with Crippen LogP contribution in [-0.4, -0.2) is 162 Å². The maximum atomic E-state index is 11.9. The number of methoxy groups -OCH3 is 6. The quantitative estimate of drug-likeness (QED) is 0.0282. The van der Waals surface area contributed by atoms with E-state index in [1.807, 2.05) is 17.8 Å². The molecule has 103 heavy (non-hydrogen) atoms. The molecule has 6 aromatic carbocycles. The zero-order chi connectivity index (χ0) is 71.0. The molecule has 0 saturated carbocycles. The number of imidazole rings is 1. The van der Waals surface area contributed by atoms with Gasteiger partial charge in [-0.1, -0.05) is 89.4 Å². The average molecular weight is 1620 g/mol. The predicted molar refractivity (Wildman–Crippen MR) is 338 cm³/mol. The van der Waals surface area contributed by atoms with Gasteiger partial charge in [-0.25, -0.2) is 23.6 Å². The number of halogens is 1. The summed E-state index contributed by atoms with van der Waals surface area (Å²) in [5.41, 5.74) is 2.76. The zero-order valence-corrected chi connectivity index (χ0v) is 60.9. The van der Waals surface area contributed by atoms with Crippen molar-refractivity contribution >= 4 is 37.3 Å². The van der Waals surface area contributed by atoms with E-state index in [2.05, 4.69) is 41.0 Å². The van der Waals surface area contributed by atoms with Gasteiger partial charge in [-0.05, 0) is 63.9 Å². The Balaban J connectivity index is -0.0000000901. The molecule has 0 aliphatic rings. The molecule has 35 nitrogen and oxygen atoms in total. The number of nitrogens with zero attached hydrogens (tertiary/aromatic N) is 13. The summed E-state index contributed by atoms with van der Waals surface area (Å²) >= 11 is 0. The number of ether oxygens (including phenoxy) is 6. The van der Waals surface area contributed by atoms with Crippen molar-refractivity contribution in [1.29, 1.82) is 26.3 Å². The van der Waals surface area contributed by atoms with E-state index in [1.54, 1.807) is 116 Å². The smallest absolute Gasteiger partial charge is 0.925 e. The van der Waals surface area contributed by atoms with E-state index >= 15 is 0 Å². The standard InChI is InChI=1S/2C18H20N2O4.C18H19N2O4.C4H6N2.5CN.ClHO4.Fe.3Mn.6H2O/c3*1-23-15-7-3-5-13(17(15)21)11-19-9-10-20-12-14-6-4-8-16(24-2)18(14)22;1-6-3-2-5-4-6;5*1-2;2-1(3,4)5;;;;;;;;;;/h2*3-8,11-12,21-22H,9-10H2,1-2H3;3-7,11-12,21-22H,9-10H2,1-2H3;2-4H,1H3;;;;;;(H,2,3,4,5);;;;;6*1H2/q;;-1;;5*-1;;+3;;2*+3;;;;;;/p-7. The second-order valence-corrected chi connectivity index (χ2v) is 16.8. The maximum Gasteiger partial charge on any atom is 3.00 e. The van der Waals surface area contributed by atoms with Crippen molar-refractivity contribution in [2.24, 2.45) is 37.0 Å². The van der Waals surface area contributed by atoms with Crippen LogP contribution in [0, 0.1) is 75.5 Å². The third-order valence-electron chi connectivity index (χ3n) is 10.4. The van der Waals surface area contributed by atoms with Crippen LogP contribution in [0.5, 0.6) is 69.0 Å². The van der Waals surface area contributed by atoms with Crippen molar-refractivity contribution < 1.29 is 189 Å². The molecule has 2 radical (unpaired) electrons. The second kappa shape index (κ2) is 77.3. The van der Waals surface area contributed by atoms with E-state index in [0.717, 1.165) is 0 Å². The van der Waals surface area contributed by atoms with Crippen molar-refractivity contribution in [3.8, 4) is 69.0 Å². The summed E-state index contributed by atoms with van der Waals surface area (Å²) in [6, 6.07) is 31.0. The number of hydrogen-bond donors (Lipinski definition) is 0. The number of benzene rings is 6. The molecule has 0 unspecified atom stereocenters. The van der Waals surface area contributed by atoms with Crippen molar-refractivity contribution in [2.45, 2.75) is 0 Å². The molecule has 7 aromatic rings. The summed E-state index contributed by atoms with van der Waals surface area (Å²) in [5, 5.41) is 103. The first-order chi connectivity index (χ1) is 44.9. The summed E-state index contributed by atoms with van der Waals surface area (Å²) in [6.07, 6.45) is 14.4. The van der Waals surface area contributed by atoms with Crippen molar-refractivity contribution in [3.63, 3.8) is 0 Å². The van der Waals surface area contributed by atoms with Crippen LogP contribution in [0.1, 0.15) is 33.4 Å². The first-order valence-electron chi connectivity index (χ1n) is 25.5. The Morgan fingerprint density at radius 3 is 0.757 bits per heavy atom. The van der Waals surface area contributed by atoms with Gasteiger partial charge in [-0.3, -0.25) is 30.0 Å². The van der Waals surface area contributed by atoms with Crippen LogP contribution in [0.3, 0.4) is 0 Å². The van der Waals surface area contributed by atoms with Crippen LogP contribution in [-0.2, 0) is 75.3 Å². The Morgan fingerprint density at radius 2 is 0.602 bits per heavy atom. The first-order valence-corrected chi connectivity index (χ1v) is 26.7. The molecule has 0 saturated heterocycles. The number of aryl methyl sites for hydroxylation is 1. The Kier molecular flexibility index (Phi) is 92.0. The van der Waals surface area contributed by atoms with Gasteiger partial charge in [-0.2, -0.15) is 17.9 Å². The monoisotopic (exact) mass is 1620 g/mol. The van der Waals surface area contributed by atoms with Crippen LogP contribution in [0.15, 0.2) is 152 Å². The second-order valence-electron chi connectivity index (χ2n) is 16.0. The normalized spacial score (nSPS) is 9.06. The fraction of sp³-hybridized carbons (Fsp3) is 0.206. The zero-order valence-electron chi connectivity index (χ0n) is 55.5. The van der Waals surface area contributed by atoms with Gasteiger partial charge in [0.05, 0.1) is 88.3 Å². The van der Waals surface area contributed by atoms with E-state index in [9.17, 15) is 30.6 Å². The average Bonchev–Trinajstić information content (AvgIpc) is 1.45. The van der Waals surface area contributed by atoms with Crippen LogP contribution in [0.25, 0.3) is 0 Å². The summed E-state index contributed by atoms with van der Waals surface area (Å²) in [6.45, 7) is 26.2. The molecular formula is C63H71ClFeMn3N13O22-4. The van der Waals surface area contributed by atoms with Crippen molar-refractivity contribution in [2.75, 3.05) is 81.9 Å². The summed E-state index contributed by atoms with van der Waals surface area (Å²) in [4.78, 5) is 28.8. The van der Waals surface area contributed by atoms with Gasteiger partial charge >= 0.3 is 51.2 Å². The molecule has 0 aliphatic heterocycles. The Labute approximate surface area is 640 Å². The number of rotatable bonds is 21. The molecule has 0 bridgehead atoms. The van der Waals surface area contributed by atoms with Crippen molar-refractivity contribution in [1.82, 2.24) is 9.55 Å². The molecule has 0 fully saturated rings. The summed E-state index contributed by atoms with van der Waals surface area (Å²) in [7, 11) is 5.68. The van der Waals surface area contributed by atoms with Crippen LogP contribution in [0.2, 0.25) is 0 Å². The Morgan fingerprint density at radius 1 is 0.398 bits per heavy atom. The van der Waals surface area contributed by atoms with E-state index in [-0.39, 0.29) is 170 Å². The fourth-order valence-electron chi connectivity index (χ4n) is 6.36. The molecule has 0 atom stereocenters. The van der Waals surface area contributed by atoms with Gasteiger partial charge in [0.25, 0.3) is 0 Å². The predicted octanol–water partition coefficient (Wildman–Crippen LogP) is -4.85. The molecule has 560 valence electrons. The molecule has 7 rings (SSSR count). The number of hydrogen-bond acceptors (Lipinski definition) is 28. The van der Waals surface area contributed by atoms with Gasteiger partial charge < -0.3 is 156 Å². The van der Waals surface area contributed by atoms with E-state index < -0.39 is 10.2 Å². The molecular weight excluding hydrogens is 1550 g/mol. The van der Waals surface area contributed by atoms with Crippen LogP contribution < -0.4 is 77.7 Å². The molecule has 0 aliphatic carbocycles. The van der Waals surface area contributed by atoms with Crippen molar-refractivity contribution in [3.05, 3.63) is 194 Å². The SMILES string of the molecule is COc1[c-]ccc(C=NCCN=Cc2cccc(OC)c2[O-])c1[O-].COc1cccc(C=NCCN=Cc2cccc(OC)c2[O-])c1[O-].COc1cccc(C=NCCN=Cc2cccc(OC)c2[O-])c1[O-].Cn1ccnc1.O.O.O.O.O.O.[C-]#N.[C-]#N.[C-]#N.[C-]#N.[C-]#N.[Fe+3].[Mn+3].[Mn+3].[Mn].[O-][Cl+3]([O-])([O-])[O-]. The Hall–Kier alpha value is -10.4. The number of aromatic nitrogens is 2. The molecule has 12 N–H and O–H groups in total. The topological polar surface area (TPSA) is 686 Å². The van der Waals surface area contributed by atoms with Gasteiger partial charge in [-0.15, -0.1) is 21.9 Å². The minimum atomic E-state index is -4.94. The Bertz CT molecular complexity index is 3000. The summed E-state index contributed by atoms with van der Waals surface area (Å²) in [5.74, 6) is 0.383. The molecule has 0 amide bonds. The minimum absolute atomic E-state index is 0. The van der Waals surface area contributed by atoms with Crippen LogP contribution in [0.4, 0.5) is 0 Å². The maximum absolute atomic E-state index is 11.9. The largest absolute Gasteiger partial charge is 3.00 e. The third-order valence-corrected chi connectivity index (χ3v) is 10.4. The van der Waals surface area contributed by atoms with E-state index in [4.69, 9.17) is 106 Å². The molecule has 0 spiro atoms. The van der Waals surface area contributed by atoms with Crippen LogP contribution >= 0.6 is 0 Å². The summed E-state index contributed by atoms with van der Waals surface area (Å²) < 4.78 is 65.6. The van der Waals surface area contributed by atoms with Gasteiger partial charge in [0.1, 0.15) is 28.7 Å². The van der Waals surface area contributed by atoms with Gasteiger partial charge in [0, 0.05) is 73.8 Å². The molecule has 1 aromatic heterocycles. The minimum Gasteiger partial charge on any atom is -0.925 e. The van der Waals surface area contributed by atoms with E-state index in [0.29, 0.717) is 72.6 Å². The first kappa shape index (κ1) is 123. The molecule has 1 heterocycles. The third kappa shape index (κ3) is 51.4. The number of aliphatic imine (C=N–C) groups is 6. The van der Waals surface area contributed by atoms with E-state index in [1.165, 1.54) is 79.9 Å².